The molecule has 2 atom stereocenters. The first-order valence-electron chi connectivity index (χ1n) is 6.24. The maximum absolute atomic E-state index is 10.5. The highest BCUT2D eigenvalue weighted by molar-refractivity contribution is 5.66. The number of ether oxygens (including phenoxy) is 2. The Labute approximate surface area is 102 Å². The van der Waals surface area contributed by atoms with Crippen molar-refractivity contribution in [1.82, 2.24) is 4.90 Å². The molecular formula is C12H21NO4. The molecule has 0 bridgehead atoms. The highest BCUT2D eigenvalue weighted by Crippen LogP contribution is 2.35. The summed E-state index contributed by atoms with van der Waals surface area (Å²) in [6.07, 6.45) is 3.40. The van der Waals surface area contributed by atoms with E-state index in [-0.39, 0.29) is 12.0 Å². The van der Waals surface area contributed by atoms with E-state index in [9.17, 15) is 4.79 Å². The molecule has 17 heavy (non-hydrogen) atoms. The number of carbonyl (C=O) groups is 1. The van der Waals surface area contributed by atoms with Crippen molar-refractivity contribution in [3.63, 3.8) is 0 Å². The van der Waals surface area contributed by atoms with E-state index in [1.165, 1.54) is 0 Å². The Morgan fingerprint density at radius 2 is 2.47 bits per heavy atom. The molecule has 98 valence electrons. The van der Waals surface area contributed by atoms with Crippen LogP contribution in [0, 0.1) is 0 Å². The Hall–Kier alpha value is -0.650. The zero-order valence-electron chi connectivity index (χ0n) is 10.4. The number of carboxylic acids is 1. The SMILES string of the molecule is CO[C@H]1CCO[C@]2(CCN(CCC(=O)O)C2)C1. The maximum Gasteiger partial charge on any atom is 0.304 e. The first-order valence-corrected chi connectivity index (χ1v) is 6.24. The van der Waals surface area contributed by atoms with Crippen molar-refractivity contribution in [3.05, 3.63) is 0 Å². The zero-order chi connectivity index (χ0) is 12.3. The molecule has 5 heteroatoms. The van der Waals surface area contributed by atoms with Crippen LogP contribution in [0.25, 0.3) is 0 Å². The lowest BCUT2D eigenvalue weighted by Gasteiger charge is -2.37. The number of likely N-dealkylation sites (tertiary alicyclic amines) is 1. The lowest BCUT2D eigenvalue weighted by molar-refractivity contribution is -0.137. The molecule has 0 aromatic carbocycles. The fraction of sp³-hybridized carbons (Fsp3) is 0.917. The van der Waals surface area contributed by atoms with Crippen LogP contribution in [0.4, 0.5) is 0 Å². The van der Waals surface area contributed by atoms with Gasteiger partial charge in [0.25, 0.3) is 0 Å². The molecule has 0 unspecified atom stereocenters. The van der Waals surface area contributed by atoms with Crippen LogP contribution in [0.5, 0.6) is 0 Å². The average Bonchev–Trinajstić information content (AvgIpc) is 2.70. The molecule has 0 saturated carbocycles. The number of aliphatic carboxylic acids is 1. The molecule has 2 aliphatic heterocycles. The minimum absolute atomic E-state index is 0.0859. The number of methoxy groups -OCH3 is 1. The van der Waals surface area contributed by atoms with Crippen LogP contribution in [-0.2, 0) is 14.3 Å². The van der Waals surface area contributed by atoms with Gasteiger partial charge in [-0.15, -0.1) is 0 Å². The predicted molar refractivity (Wildman–Crippen MR) is 62.0 cm³/mol. The summed E-state index contributed by atoms with van der Waals surface area (Å²) in [6, 6.07) is 0. The molecule has 0 aliphatic carbocycles. The smallest absolute Gasteiger partial charge is 0.304 e. The molecule has 0 amide bonds. The Kier molecular flexibility index (Phi) is 4.01. The molecule has 2 fully saturated rings. The van der Waals surface area contributed by atoms with E-state index in [0.29, 0.717) is 12.6 Å². The van der Waals surface area contributed by atoms with E-state index in [4.69, 9.17) is 14.6 Å². The maximum atomic E-state index is 10.5. The summed E-state index contributed by atoms with van der Waals surface area (Å²) in [4.78, 5) is 12.7. The Balaban J connectivity index is 1.84. The van der Waals surface area contributed by atoms with E-state index in [0.717, 1.165) is 39.0 Å². The first kappa shape index (κ1) is 12.8. The van der Waals surface area contributed by atoms with Gasteiger partial charge in [0.05, 0.1) is 18.1 Å². The molecule has 0 aromatic rings. The quantitative estimate of drug-likeness (QED) is 0.789. The van der Waals surface area contributed by atoms with Gasteiger partial charge in [0, 0.05) is 39.8 Å². The van der Waals surface area contributed by atoms with Crippen LogP contribution in [0.15, 0.2) is 0 Å². The second-order valence-electron chi connectivity index (χ2n) is 5.05. The van der Waals surface area contributed by atoms with Crippen LogP contribution >= 0.6 is 0 Å². The highest BCUT2D eigenvalue weighted by atomic mass is 16.5. The number of carboxylic acid groups (broad SMARTS) is 1. The van der Waals surface area contributed by atoms with Gasteiger partial charge in [-0.05, 0) is 12.8 Å². The summed E-state index contributed by atoms with van der Waals surface area (Å²) in [5.74, 6) is -0.731. The lowest BCUT2D eigenvalue weighted by atomic mass is 9.91. The molecule has 2 aliphatic rings. The van der Waals surface area contributed by atoms with Crippen molar-refractivity contribution in [2.24, 2.45) is 0 Å². The molecule has 2 saturated heterocycles. The van der Waals surface area contributed by atoms with Crippen molar-refractivity contribution in [1.29, 1.82) is 0 Å². The summed E-state index contributed by atoms with van der Waals surface area (Å²) >= 11 is 0. The van der Waals surface area contributed by atoms with Crippen LogP contribution in [0.3, 0.4) is 0 Å². The van der Waals surface area contributed by atoms with Crippen molar-refractivity contribution in [3.8, 4) is 0 Å². The standard InChI is InChI=1S/C12H21NO4/c1-16-10-3-7-17-12(8-10)4-6-13(9-12)5-2-11(14)15/h10H,2-9H2,1H3,(H,14,15)/t10-,12+/m0/s1. The van der Waals surface area contributed by atoms with Crippen molar-refractivity contribution < 1.29 is 19.4 Å². The number of rotatable bonds is 4. The van der Waals surface area contributed by atoms with Crippen molar-refractivity contribution in [2.45, 2.75) is 37.4 Å². The Morgan fingerprint density at radius 1 is 1.65 bits per heavy atom. The second-order valence-corrected chi connectivity index (χ2v) is 5.05. The van der Waals surface area contributed by atoms with E-state index in [1.54, 1.807) is 7.11 Å². The normalized spacial score (nSPS) is 34.3. The summed E-state index contributed by atoms with van der Waals surface area (Å²) in [5, 5.41) is 8.68. The van der Waals surface area contributed by atoms with Crippen LogP contribution < -0.4 is 0 Å². The Bertz CT molecular complexity index is 284. The van der Waals surface area contributed by atoms with Gasteiger partial charge in [0.15, 0.2) is 0 Å². The molecule has 2 heterocycles. The van der Waals surface area contributed by atoms with Gasteiger partial charge in [-0.3, -0.25) is 9.69 Å². The van der Waals surface area contributed by atoms with Gasteiger partial charge in [-0.1, -0.05) is 0 Å². The van der Waals surface area contributed by atoms with E-state index in [1.807, 2.05) is 0 Å². The summed E-state index contributed by atoms with van der Waals surface area (Å²) in [5.41, 5.74) is -0.0859. The summed E-state index contributed by atoms with van der Waals surface area (Å²) < 4.78 is 11.3. The molecule has 1 spiro atoms. The molecular weight excluding hydrogens is 222 g/mol. The van der Waals surface area contributed by atoms with Gasteiger partial charge in [-0.25, -0.2) is 0 Å². The third-order valence-corrected chi connectivity index (χ3v) is 3.82. The van der Waals surface area contributed by atoms with E-state index >= 15 is 0 Å². The topological polar surface area (TPSA) is 59.0 Å². The third-order valence-electron chi connectivity index (χ3n) is 3.82. The van der Waals surface area contributed by atoms with Gasteiger partial charge in [0.2, 0.25) is 0 Å². The predicted octanol–water partition coefficient (Wildman–Crippen LogP) is 0.731. The van der Waals surface area contributed by atoms with Gasteiger partial charge < -0.3 is 14.6 Å². The van der Waals surface area contributed by atoms with Crippen LogP contribution in [0.2, 0.25) is 0 Å². The van der Waals surface area contributed by atoms with Crippen molar-refractivity contribution >= 4 is 5.97 Å². The molecule has 0 aromatic heterocycles. The largest absolute Gasteiger partial charge is 0.481 e. The fourth-order valence-electron chi connectivity index (χ4n) is 2.84. The number of hydrogen-bond acceptors (Lipinski definition) is 4. The summed E-state index contributed by atoms with van der Waals surface area (Å²) in [7, 11) is 1.75. The van der Waals surface area contributed by atoms with Crippen LogP contribution in [-0.4, -0.2) is 61.0 Å². The number of nitrogens with zero attached hydrogens (tertiary/aromatic N) is 1. The molecule has 2 rings (SSSR count). The van der Waals surface area contributed by atoms with Gasteiger partial charge in [0.1, 0.15) is 0 Å². The van der Waals surface area contributed by atoms with Crippen molar-refractivity contribution in [2.75, 3.05) is 33.4 Å². The molecule has 1 N–H and O–H groups in total. The molecule has 5 nitrogen and oxygen atoms in total. The Morgan fingerprint density at radius 3 is 3.18 bits per heavy atom. The number of hydrogen-bond donors (Lipinski definition) is 1. The van der Waals surface area contributed by atoms with Crippen LogP contribution in [0.1, 0.15) is 25.7 Å². The van der Waals surface area contributed by atoms with Gasteiger partial charge >= 0.3 is 5.97 Å². The third kappa shape index (κ3) is 3.18. The second kappa shape index (κ2) is 5.33. The first-order chi connectivity index (χ1) is 8.13. The average molecular weight is 243 g/mol. The van der Waals surface area contributed by atoms with E-state index < -0.39 is 5.97 Å². The highest BCUT2D eigenvalue weighted by Gasteiger charge is 2.43. The lowest BCUT2D eigenvalue weighted by Crippen LogP contribution is -2.44. The monoisotopic (exact) mass is 243 g/mol. The van der Waals surface area contributed by atoms with E-state index in [2.05, 4.69) is 4.90 Å². The van der Waals surface area contributed by atoms with Gasteiger partial charge in [-0.2, -0.15) is 0 Å². The zero-order valence-corrected chi connectivity index (χ0v) is 10.4. The minimum atomic E-state index is -0.731. The minimum Gasteiger partial charge on any atom is -0.481 e. The summed E-state index contributed by atoms with van der Waals surface area (Å²) in [6.45, 7) is 3.16. The molecule has 0 radical (unpaired) electrons. The fourth-order valence-corrected chi connectivity index (χ4v) is 2.84.